The van der Waals surface area contributed by atoms with Gasteiger partial charge in [-0.05, 0) is 26.0 Å². The molecular formula is C11H13ClN4S. The molecule has 90 valence electrons. The number of rotatable bonds is 3. The minimum atomic E-state index is 0.139. The summed E-state index contributed by atoms with van der Waals surface area (Å²) in [4.78, 5) is 9.26. The van der Waals surface area contributed by atoms with Crippen LogP contribution in [0.3, 0.4) is 0 Å². The minimum absolute atomic E-state index is 0.139. The molecule has 0 spiro atoms. The molecule has 1 unspecified atom stereocenters. The number of nitrogens with one attached hydrogen (secondary N) is 1. The molecule has 3 N–H and O–H groups in total. The van der Waals surface area contributed by atoms with Crippen LogP contribution < -0.4 is 11.1 Å². The van der Waals surface area contributed by atoms with Crippen LogP contribution in [0, 0.1) is 6.92 Å². The van der Waals surface area contributed by atoms with Crippen molar-refractivity contribution in [2.75, 3.05) is 11.1 Å². The summed E-state index contributed by atoms with van der Waals surface area (Å²) in [6, 6.07) is 4.03. The molecule has 0 bridgehead atoms. The largest absolute Gasteiger partial charge is 0.368 e. The number of hydrogen-bond donors (Lipinski definition) is 2. The normalized spacial score (nSPS) is 12.4. The fraction of sp³-hybridized carbons (Fsp3) is 0.273. The summed E-state index contributed by atoms with van der Waals surface area (Å²) in [6.07, 6.45) is 1.71. The van der Waals surface area contributed by atoms with Crippen LogP contribution >= 0.6 is 22.9 Å². The molecular weight excluding hydrogens is 256 g/mol. The van der Waals surface area contributed by atoms with Crippen molar-refractivity contribution in [3.8, 4) is 0 Å². The Morgan fingerprint density at radius 3 is 2.88 bits per heavy atom. The second-order valence-corrected chi connectivity index (χ2v) is 5.51. The van der Waals surface area contributed by atoms with Crippen molar-refractivity contribution in [3.05, 3.63) is 33.1 Å². The Morgan fingerprint density at radius 2 is 2.24 bits per heavy atom. The number of aromatic nitrogens is 2. The number of nitrogens with zero attached hydrogens (tertiary/aromatic N) is 2. The van der Waals surface area contributed by atoms with Crippen molar-refractivity contribution in [2.45, 2.75) is 19.9 Å². The zero-order valence-corrected chi connectivity index (χ0v) is 11.1. The topological polar surface area (TPSA) is 63.8 Å². The first-order chi connectivity index (χ1) is 8.06. The molecule has 2 aromatic heterocycles. The Bertz CT molecular complexity index is 526. The number of nitrogens with two attached hydrogens (primary N) is 1. The molecule has 0 amide bonds. The monoisotopic (exact) mass is 268 g/mol. The Kier molecular flexibility index (Phi) is 3.49. The second-order valence-electron chi connectivity index (χ2n) is 3.77. The van der Waals surface area contributed by atoms with Crippen molar-refractivity contribution >= 4 is 34.7 Å². The van der Waals surface area contributed by atoms with Crippen molar-refractivity contribution < 1.29 is 0 Å². The van der Waals surface area contributed by atoms with Crippen molar-refractivity contribution in [3.63, 3.8) is 0 Å². The Labute approximate surface area is 109 Å². The molecule has 0 saturated heterocycles. The van der Waals surface area contributed by atoms with Gasteiger partial charge in [0.25, 0.3) is 0 Å². The highest BCUT2D eigenvalue weighted by Crippen LogP contribution is 2.29. The molecule has 17 heavy (non-hydrogen) atoms. The minimum Gasteiger partial charge on any atom is -0.368 e. The first-order valence-corrected chi connectivity index (χ1v) is 6.36. The smallest absolute Gasteiger partial charge is 0.221 e. The van der Waals surface area contributed by atoms with E-state index in [2.05, 4.69) is 22.2 Å². The number of nitrogen functional groups attached to an aromatic ring is 1. The summed E-state index contributed by atoms with van der Waals surface area (Å²) in [5.41, 5.74) is 6.53. The van der Waals surface area contributed by atoms with Gasteiger partial charge in [0.1, 0.15) is 5.82 Å². The molecule has 0 aliphatic rings. The summed E-state index contributed by atoms with van der Waals surface area (Å²) in [6.45, 7) is 4.00. The van der Waals surface area contributed by atoms with Gasteiger partial charge in [0.15, 0.2) is 0 Å². The van der Waals surface area contributed by atoms with Gasteiger partial charge in [0.05, 0.1) is 10.4 Å². The SMILES string of the molecule is Cc1cnc(N)nc1NC(C)c1ccc(Cl)s1. The molecule has 2 aromatic rings. The molecule has 0 aliphatic carbocycles. The molecule has 0 aliphatic heterocycles. The predicted octanol–water partition coefficient (Wildman–Crippen LogP) is 3.26. The fourth-order valence-corrected chi connectivity index (χ4v) is 2.50. The van der Waals surface area contributed by atoms with Crippen LogP contribution in [0.5, 0.6) is 0 Å². The van der Waals surface area contributed by atoms with Crippen LogP contribution in [0.4, 0.5) is 11.8 Å². The van der Waals surface area contributed by atoms with E-state index >= 15 is 0 Å². The maximum Gasteiger partial charge on any atom is 0.221 e. The molecule has 4 nitrogen and oxygen atoms in total. The lowest BCUT2D eigenvalue weighted by molar-refractivity contribution is 0.890. The van der Waals surface area contributed by atoms with E-state index < -0.39 is 0 Å². The molecule has 6 heteroatoms. The Hall–Kier alpha value is -1.33. The van der Waals surface area contributed by atoms with Gasteiger partial charge in [0, 0.05) is 16.6 Å². The first-order valence-electron chi connectivity index (χ1n) is 5.17. The standard InChI is InChI=1S/C11H13ClN4S/c1-6-5-14-11(13)16-10(6)15-7(2)8-3-4-9(12)17-8/h3-5,7H,1-2H3,(H3,13,14,15,16). The van der Waals surface area contributed by atoms with Crippen molar-refractivity contribution in [1.29, 1.82) is 0 Å². The Balaban J connectivity index is 2.18. The highest BCUT2D eigenvalue weighted by molar-refractivity contribution is 7.16. The molecule has 0 aromatic carbocycles. The summed E-state index contributed by atoms with van der Waals surface area (Å²) < 4.78 is 0.785. The number of thiophene rings is 1. The maximum atomic E-state index is 5.91. The van der Waals surface area contributed by atoms with E-state index in [4.69, 9.17) is 17.3 Å². The van der Waals surface area contributed by atoms with Gasteiger partial charge in [0.2, 0.25) is 5.95 Å². The molecule has 0 radical (unpaired) electrons. The third-order valence-corrected chi connectivity index (χ3v) is 3.78. The predicted molar refractivity (Wildman–Crippen MR) is 72.5 cm³/mol. The van der Waals surface area contributed by atoms with E-state index in [-0.39, 0.29) is 12.0 Å². The van der Waals surface area contributed by atoms with Crippen molar-refractivity contribution in [2.24, 2.45) is 0 Å². The van der Waals surface area contributed by atoms with E-state index in [0.29, 0.717) is 0 Å². The molecule has 1 atom stereocenters. The fourth-order valence-electron chi connectivity index (χ4n) is 1.44. The summed E-state index contributed by atoms with van der Waals surface area (Å²) in [7, 11) is 0. The van der Waals surface area contributed by atoms with E-state index in [9.17, 15) is 0 Å². The summed E-state index contributed by atoms with van der Waals surface area (Å²) in [5, 5.41) is 3.30. The van der Waals surface area contributed by atoms with Gasteiger partial charge in [-0.1, -0.05) is 11.6 Å². The van der Waals surface area contributed by atoms with Crippen molar-refractivity contribution in [1.82, 2.24) is 9.97 Å². The van der Waals surface area contributed by atoms with E-state index in [1.807, 2.05) is 19.1 Å². The highest BCUT2D eigenvalue weighted by atomic mass is 35.5. The maximum absolute atomic E-state index is 5.91. The number of hydrogen-bond acceptors (Lipinski definition) is 5. The van der Waals surface area contributed by atoms with E-state index in [1.165, 1.54) is 0 Å². The van der Waals surface area contributed by atoms with Crippen LogP contribution in [0.2, 0.25) is 4.34 Å². The zero-order valence-electron chi connectivity index (χ0n) is 9.57. The van der Waals surface area contributed by atoms with Gasteiger partial charge in [-0.2, -0.15) is 4.98 Å². The number of anilines is 2. The van der Waals surface area contributed by atoms with Gasteiger partial charge in [-0.3, -0.25) is 0 Å². The van der Waals surface area contributed by atoms with Gasteiger partial charge in [-0.25, -0.2) is 4.98 Å². The lowest BCUT2D eigenvalue weighted by Gasteiger charge is -2.14. The first kappa shape index (κ1) is 12.1. The van der Waals surface area contributed by atoms with Gasteiger partial charge >= 0.3 is 0 Å². The van der Waals surface area contributed by atoms with Crippen LogP contribution in [-0.4, -0.2) is 9.97 Å². The summed E-state index contributed by atoms with van der Waals surface area (Å²) >= 11 is 7.46. The highest BCUT2D eigenvalue weighted by Gasteiger charge is 2.10. The van der Waals surface area contributed by atoms with Crippen LogP contribution in [-0.2, 0) is 0 Å². The molecule has 0 fully saturated rings. The second kappa shape index (κ2) is 4.89. The van der Waals surface area contributed by atoms with Crippen LogP contribution in [0.15, 0.2) is 18.3 Å². The summed E-state index contributed by atoms with van der Waals surface area (Å²) in [5.74, 6) is 1.03. The van der Waals surface area contributed by atoms with Crippen LogP contribution in [0.25, 0.3) is 0 Å². The Morgan fingerprint density at radius 1 is 1.47 bits per heavy atom. The van der Waals surface area contributed by atoms with Gasteiger partial charge in [-0.15, -0.1) is 11.3 Å². The number of halogens is 1. The molecule has 0 saturated carbocycles. The van der Waals surface area contributed by atoms with E-state index in [0.717, 1.165) is 20.6 Å². The lowest BCUT2D eigenvalue weighted by atomic mass is 10.2. The number of aryl methyl sites for hydroxylation is 1. The zero-order chi connectivity index (χ0) is 12.4. The quantitative estimate of drug-likeness (QED) is 0.897. The molecule has 2 heterocycles. The average molecular weight is 269 g/mol. The third kappa shape index (κ3) is 2.87. The van der Waals surface area contributed by atoms with E-state index in [1.54, 1.807) is 17.5 Å². The van der Waals surface area contributed by atoms with Crippen LogP contribution in [0.1, 0.15) is 23.4 Å². The van der Waals surface area contributed by atoms with Gasteiger partial charge < -0.3 is 11.1 Å². The lowest BCUT2D eigenvalue weighted by Crippen LogP contribution is -2.09. The third-order valence-electron chi connectivity index (χ3n) is 2.36. The molecule has 2 rings (SSSR count). The average Bonchev–Trinajstić information content (AvgIpc) is 2.70.